The van der Waals surface area contributed by atoms with Gasteiger partial charge in [-0.05, 0) is 31.5 Å². The molecule has 1 aliphatic heterocycles. The first-order valence-corrected chi connectivity index (χ1v) is 10.8. The van der Waals surface area contributed by atoms with Gasteiger partial charge >= 0.3 is 0 Å². The number of sulfonamides is 1. The molecule has 0 aliphatic carbocycles. The number of nitrogens with one attached hydrogen (secondary N) is 1. The van der Waals surface area contributed by atoms with Crippen molar-refractivity contribution in [2.45, 2.75) is 24.8 Å². The highest BCUT2D eigenvalue weighted by molar-refractivity contribution is 7.89. The van der Waals surface area contributed by atoms with Crippen LogP contribution in [0.25, 0.3) is 0 Å². The number of carbonyl (C=O) groups excluding carboxylic acids is 1. The quantitative estimate of drug-likeness (QED) is 0.721. The molecule has 1 fully saturated rings. The Morgan fingerprint density at radius 1 is 1.07 bits per heavy atom. The van der Waals surface area contributed by atoms with Crippen LogP contribution >= 0.6 is 0 Å². The molecule has 1 heterocycles. The van der Waals surface area contributed by atoms with E-state index >= 15 is 0 Å². The smallest absolute Gasteiger partial charge is 0.241 e. The number of nitrogens with zero attached hydrogens (tertiary/aromatic N) is 1. The predicted molar refractivity (Wildman–Crippen MR) is 108 cm³/mol. The van der Waals surface area contributed by atoms with Gasteiger partial charge in [-0.15, -0.1) is 0 Å². The molecule has 1 atom stereocenters. The molecule has 0 unspecified atom stereocenters. The number of hydrogen-bond donors (Lipinski definition) is 1. The Balaban J connectivity index is 1.84. The fourth-order valence-corrected chi connectivity index (χ4v) is 4.39. The highest BCUT2D eigenvalue weighted by Crippen LogP contribution is 2.20. The minimum absolute atomic E-state index is 0.0956. The molecule has 7 heteroatoms. The van der Waals surface area contributed by atoms with Gasteiger partial charge in [0.05, 0.1) is 24.2 Å². The van der Waals surface area contributed by atoms with E-state index in [2.05, 4.69) is 9.62 Å². The van der Waals surface area contributed by atoms with Crippen LogP contribution in [-0.4, -0.2) is 51.9 Å². The summed E-state index contributed by atoms with van der Waals surface area (Å²) in [5, 5.41) is 0. The third-order valence-corrected chi connectivity index (χ3v) is 6.38. The van der Waals surface area contributed by atoms with Crippen molar-refractivity contribution < 1.29 is 17.9 Å². The van der Waals surface area contributed by atoms with Crippen LogP contribution in [0.5, 0.6) is 0 Å². The number of benzene rings is 2. The zero-order chi connectivity index (χ0) is 20.1. The molecule has 0 amide bonds. The van der Waals surface area contributed by atoms with E-state index in [0.29, 0.717) is 25.3 Å². The number of carbonyl (C=O) groups is 1. The lowest BCUT2D eigenvalue weighted by Gasteiger charge is -2.31. The van der Waals surface area contributed by atoms with Crippen molar-refractivity contribution in [2.24, 2.45) is 0 Å². The summed E-state index contributed by atoms with van der Waals surface area (Å²) in [6.07, 6.45) is 0. The third kappa shape index (κ3) is 5.26. The van der Waals surface area contributed by atoms with Gasteiger partial charge in [0.25, 0.3) is 0 Å². The van der Waals surface area contributed by atoms with Crippen molar-refractivity contribution in [2.75, 3.05) is 32.8 Å². The zero-order valence-corrected chi connectivity index (χ0v) is 17.0. The van der Waals surface area contributed by atoms with E-state index in [1.807, 2.05) is 31.2 Å². The highest BCUT2D eigenvalue weighted by atomic mass is 32.2. The second-order valence-electron chi connectivity index (χ2n) is 7.08. The summed E-state index contributed by atoms with van der Waals surface area (Å²) in [5.74, 6) is -0.0956. The second kappa shape index (κ2) is 8.96. The number of ketones is 1. The summed E-state index contributed by atoms with van der Waals surface area (Å²) in [5.41, 5.74) is 2.53. The Morgan fingerprint density at radius 3 is 2.25 bits per heavy atom. The molecule has 1 aliphatic rings. The van der Waals surface area contributed by atoms with Crippen LogP contribution in [0.1, 0.15) is 34.5 Å². The van der Waals surface area contributed by atoms with Gasteiger partial charge in [-0.1, -0.05) is 42.0 Å². The monoisotopic (exact) mass is 402 g/mol. The van der Waals surface area contributed by atoms with Crippen molar-refractivity contribution in [1.29, 1.82) is 0 Å². The topological polar surface area (TPSA) is 75.7 Å². The van der Waals surface area contributed by atoms with E-state index in [9.17, 15) is 13.2 Å². The van der Waals surface area contributed by atoms with Crippen LogP contribution in [0.15, 0.2) is 53.4 Å². The molecule has 2 aromatic carbocycles. The third-order valence-electron chi connectivity index (χ3n) is 4.89. The van der Waals surface area contributed by atoms with Crippen molar-refractivity contribution in [1.82, 2.24) is 9.62 Å². The molecule has 1 N–H and O–H groups in total. The number of Topliss-reactive ketones (excluding diaryl/α,β-unsaturated/α-hetero) is 1. The SMILES string of the molecule is CC(=O)c1ccc(S(=O)(=O)N[C@H](CN2CCOCC2)c2ccc(C)cc2)cc1. The number of morpholine rings is 1. The van der Waals surface area contributed by atoms with E-state index < -0.39 is 10.0 Å². The van der Waals surface area contributed by atoms with Crippen molar-refractivity contribution in [3.05, 3.63) is 65.2 Å². The summed E-state index contributed by atoms with van der Waals surface area (Å²) in [6, 6.07) is 13.5. The summed E-state index contributed by atoms with van der Waals surface area (Å²) in [7, 11) is -3.73. The van der Waals surface area contributed by atoms with E-state index in [0.717, 1.165) is 24.2 Å². The average Bonchev–Trinajstić information content (AvgIpc) is 2.69. The van der Waals surface area contributed by atoms with Crippen molar-refractivity contribution in [3.8, 4) is 0 Å². The number of rotatable bonds is 7. The summed E-state index contributed by atoms with van der Waals surface area (Å²) in [6.45, 7) is 6.88. The lowest BCUT2D eigenvalue weighted by molar-refractivity contribution is 0.0345. The molecule has 2 aromatic rings. The van der Waals surface area contributed by atoms with Gasteiger partial charge in [0, 0.05) is 25.2 Å². The van der Waals surface area contributed by atoms with E-state index in [1.165, 1.54) is 19.1 Å². The largest absolute Gasteiger partial charge is 0.379 e. The van der Waals surface area contributed by atoms with Crippen LogP contribution in [0.3, 0.4) is 0 Å². The molecule has 0 aromatic heterocycles. The summed E-state index contributed by atoms with van der Waals surface area (Å²) < 4.78 is 34.2. The van der Waals surface area contributed by atoms with Gasteiger partial charge < -0.3 is 4.74 Å². The Labute approximate surface area is 166 Å². The fourth-order valence-electron chi connectivity index (χ4n) is 3.18. The number of ether oxygens (including phenoxy) is 1. The van der Waals surface area contributed by atoms with Crippen molar-refractivity contribution >= 4 is 15.8 Å². The van der Waals surface area contributed by atoms with Crippen LogP contribution in [0.4, 0.5) is 0 Å². The Hall–Kier alpha value is -2.06. The fraction of sp³-hybridized carbons (Fsp3) is 0.381. The Morgan fingerprint density at radius 2 is 1.68 bits per heavy atom. The number of aryl methyl sites for hydroxylation is 1. The van der Waals surface area contributed by atoms with E-state index in [4.69, 9.17) is 4.74 Å². The molecule has 150 valence electrons. The first kappa shape index (κ1) is 20.7. The lowest BCUT2D eigenvalue weighted by atomic mass is 10.1. The molecule has 0 spiro atoms. The van der Waals surface area contributed by atoms with Gasteiger partial charge in [-0.25, -0.2) is 13.1 Å². The molecular formula is C21H26N2O4S. The van der Waals surface area contributed by atoms with Crippen LogP contribution < -0.4 is 4.72 Å². The Bertz CT molecular complexity index is 902. The van der Waals surface area contributed by atoms with Gasteiger partial charge in [-0.3, -0.25) is 9.69 Å². The van der Waals surface area contributed by atoms with Crippen molar-refractivity contribution in [3.63, 3.8) is 0 Å². The first-order chi connectivity index (χ1) is 13.3. The maximum Gasteiger partial charge on any atom is 0.241 e. The van der Waals surface area contributed by atoms with Gasteiger partial charge in [-0.2, -0.15) is 0 Å². The molecule has 0 bridgehead atoms. The van der Waals surface area contributed by atoms with Crippen LogP contribution in [0, 0.1) is 6.92 Å². The molecule has 28 heavy (non-hydrogen) atoms. The first-order valence-electron chi connectivity index (χ1n) is 9.35. The summed E-state index contributed by atoms with van der Waals surface area (Å²) in [4.78, 5) is 13.8. The molecule has 1 saturated heterocycles. The molecule has 0 radical (unpaired) electrons. The second-order valence-corrected chi connectivity index (χ2v) is 8.79. The molecule has 0 saturated carbocycles. The normalized spacial score (nSPS) is 16.6. The zero-order valence-electron chi connectivity index (χ0n) is 16.2. The van der Waals surface area contributed by atoms with E-state index in [-0.39, 0.29) is 16.7 Å². The maximum atomic E-state index is 13.0. The summed E-state index contributed by atoms with van der Waals surface area (Å²) >= 11 is 0. The van der Waals surface area contributed by atoms with E-state index in [1.54, 1.807) is 12.1 Å². The minimum atomic E-state index is -3.73. The number of hydrogen-bond acceptors (Lipinski definition) is 5. The van der Waals surface area contributed by atoms with Crippen LogP contribution in [-0.2, 0) is 14.8 Å². The van der Waals surface area contributed by atoms with Gasteiger partial charge in [0.15, 0.2) is 5.78 Å². The predicted octanol–water partition coefficient (Wildman–Crippen LogP) is 2.55. The minimum Gasteiger partial charge on any atom is -0.379 e. The molecule has 3 rings (SSSR count). The van der Waals surface area contributed by atoms with Crippen LogP contribution in [0.2, 0.25) is 0 Å². The van der Waals surface area contributed by atoms with Gasteiger partial charge in [0.2, 0.25) is 10.0 Å². The average molecular weight is 403 g/mol. The Kier molecular flexibility index (Phi) is 6.61. The standard InChI is InChI=1S/C21H26N2O4S/c1-16-3-5-19(6-4-16)21(15-23-11-13-27-14-12-23)22-28(25,26)20-9-7-18(8-10-20)17(2)24/h3-10,21-22H,11-15H2,1-2H3/t21-/m1/s1. The maximum absolute atomic E-state index is 13.0. The molecule has 6 nitrogen and oxygen atoms in total. The lowest BCUT2D eigenvalue weighted by Crippen LogP contribution is -2.43. The molecular weight excluding hydrogens is 376 g/mol. The van der Waals surface area contributed by atoms with Gasteiger partial charge in [0.1, 0.15) is 0 Å². The highest BCUT2D eigenvalue weighted by Gasteiger charge is 2.24.